The van der Waals surface area contributed by atoms with Crippen LogP contribution in [0.1, 0.15) is 5.56 Å². The normalized spacial score (nSPS) is 10.7. The van der Waals surface area contributed by atoms with E-state index in [1.165, 1.54) is 12.1 Å². The predicted octanol–water partition coefficient (Wildman–Crippen LogP) is -0.180. The Balaban J connectivity index is 0.00000169. The Hall–Kier alpha value is 0.0900. The van der Waals surface area contributed by atoms with Gasteiger partial charge in [-0.1, -0.05) is 12.1 Å². The van der Waals surface area contributed by atoms with E-state index in [1.54, 1.807) is 12.1 Å². The topological polar surface area (TPSA) is 74.6 Å². The van der Waals surface area contributed by atoms with Gasteiger partial charge in [0.1, 0.15) is 0 Å². The number of hydrogen-bond acceptors (Lipinski definition) is 3. The molecule has 0 aliphatic carbocycles. The summed E-state index contributed by atoms with van der Waals surface area (Å²) in [5.74, 6) is 0. The molecule has 0 aliphatic rings. The van der Waals surface area contributed by atoms with Crippen LogP contribution in [0.4, 0.5) is 0 Å². The Labute approximate surface area is 105 Å². The number of hydrogen-bond donors (Lipinski definition) is 2. The first kappa shape index (κ1) is 14.1. The van der Waals surface area contributed by atoms with E-state index in [1.807, 2.05) is 0 Å². The number of benzene rings is 1. The number of rotatable bonds is 3. The average molecular weight is 226 g/mol. The monoisotopic (exact) mass is 226 g/mol. The van der Waals surface area contributed by atoms with E-state index in [9.17, 15) is 8.42 Å². The van der Waals surface area contributed by atoms with Crippen LogP contribution in [0, 0.1) is 0 Å². The van der Waals surface area contributed by atoms with E-state index in [0.717, 1.165) is 5.56 Å². The van der Waals surface area contributed by atoms with Crippen molar-refractivity contribution in [3.63, 3.8) is 0 Å². The number of aliphatic hydroxyl groups is 1. The minimum absolute atomic E-state index is 0. The Bertz CT molecular complexity index is 371. The zero-order valence-corrected chi connectivity index (χ0v) is 7.66. The first-order chi connectivity index (χ1) is 6.04. The van der Waals surface area contributed by atoms with Crippen molar-refractivity contribution in [3.8, 4) is 0 Å². The van der Waals surface area contributed by atoms with Crippen LogP contribution >= 0.6 is 0 Å². The first-order valence-electron chi connectivity index (χ1n) is 3.71. The Morgan fingerprint density at radius 1 is 1.14 bits per heavy atom. The molecule has 14 heavy (non-hydrogen) atoms. The first-order valence-corrected chi connectivity index (χ1v) is 5.15. The summed E-state index contributed by atoms with van der Waals surface area (Å²) in [7, 11) is -4.10. The molecule has 1 rings (SSSR count). The van der Waals surface area contributed by atoms with E-state index >= 15 is 0 Å². The maximum atomic E-state index is 10.6. The van der Waals surface area contributed by atoms with Crippen molar-refractivity contribution >= 4 is 39.7 Å². The van der Waals surface area contributed by atoms with Gasteiger partial charge in [0.2, 0.25) is 0 Å². The van der Waals surface area contributed by atoms with E-state index in [2.05, 4.69) is 0 Å². The van der Waals surface area contributed by atoms with Crippen LogP contribution in [0.5, 0.6) is 0 Å². The van der Waals surface area contributed by atoms with Gasteiger partial charge in [-0.15, -0.1) is 0 Å². The van der Waals surface area contributed by atoms with E-state index in [0.29, 0.717) is 6.42 Å². The molecule has 0 saturated heterocycles. The standard InChI is InChI=1S/C8H10O4S.Na.H/c9-6-5-7-1-3-8(4-2-7)13(10,11)12;;/h1-4,9H,5-6H2,(H,10,11,12);;. The molecule has 4 nitrogen and oxygen atoms in total. The van der Waals surface area contributed by atoms with Gasteiger partial charge in [-0.2, -0.15) is 8.42 Å². The molecule has 0 amide bonds. The Kier molecular flexibility index (Phi) is 5.88. The summed E-state index contributed by atoms with van der Waals surface area (Å²) in [5, 5.41) is 8.58. The fraction of sp³-hybridized carbons (Fsp3) is 0.250. The van der Waals surface area contributed by atoms with Gasteiger partial charge in [-0.3, -0.25) is 4.55 Å². The summed E-state index contributed by atoms with van der Waals surface area (Å²) in [6, 6.07) is 5.72. The fourth-order valence-electron chi connectivity index (χ4n) is 0.957. The zero-order chi connectivity index (χ0) is 9.90. The molecular weight excluding hydrogens is 215 g/mol. The van der Waals surface area contributed by atoms with Crippen LogP contribution in [-0.4, -0.2) is 54.2 Å². The van der Waals surface area contributed by atoms with E-state index in [4.69, 9.17) is 9.66 Å². The van der Waals surface area contributed by atoms with Crippen molar-refractivity contribution in [2.45, 2.75) is 11.3 Å². The summed E-state index contributed by atoms with van der Waals surface area (Å²) >= 11 is 0. The molecule has 0 unspecified atom stereocenters. The van der Waals surface area contributed by atoms with Crippen LogP contribution in [0.3, 0.4) is 0 Å². The van der Waals surface area contributed by atoms with Crippen LogP contribution in [0.15, 0.2) is 29.2 Å². The van der Waals surface area contributed by atoms with Crippen LogP contribution < -0.4 is 0 Å². The molecule has 74 valence electrons. The molecule has 0 radical (unpaired) electrons. The third-order valence-corrected chi connectivity index (χ3v) is 2.49. The third kappa shape index (κ3) is 4.08. The van der Waals surface area contributed by atoms with Crippen molar-refractivity contribution in [2.75, 3.05) is 6.61 Å². The predicted molar refractivity (Wildman–Crippen MR) is 54.2 cm³/mol. The van der Waals surface area contributed by atoms with E-state index < -0.39 is 10.1 Å². The second-order valence-electron chi connectivity index (χ2n) is 2.59. The zero-order valence-electron chi connectivity index (χ0n) is 6.84. The maximum absolute atomic E-state index is 10.6. The van der Waals surface area contributed by atoms with Gasteiger partial charge in [0.25, 0.3) is 10.1 Å². The molecule has 0 atom stereocenters. The van der Waals surface area contributed by atoms with Gasteiger partial charge in [0, 0.05) is 6.61 Å². The van der Waals surface area contributed by atoms with Gasteiger partial charge in [0.05, 0.1) is 4.90 Å². The molecule has 0 heterocycles. The Morgan fingerprint density at radius 3 is 2.00 bits per heavy atom. The summed E-state index contributed by atoms with van der Waals surface area (Å²) in [4.78, 5) is -0.130. The Morgan fingerprint density at radius 2 is 1.64 bits per heavy atom. The van der Waals surface area contributed by atoms with Gasteiger partial charge in [-0.25, -0.2) is 0 Å². The molecule has 2 N–H and O–H groups in total. The molecule has 6 heteroatoms. The van der Waals surface area contributed by atoms with Crippen LogP contribution in [0.2, 0.25) is 0 Å². The minimum atomic E-state index is -4.10. The van der Waals surface area contributed by atoms with Crippen molar-refractivity contribution in [2.24, 2.45) is 0 Å². The van der Waals surface area contributed by atoms with Crippen molar-refractivity contribution in [1.82, 2.24) is 0 Å². The third-order valence-electron chi connectivity index (χ3n) is 1.62. The van der Waals surface area contributed by atoms with Crippen molar-refractivity contribution in [1.29, 1.82) is 0 Å². The molecule has 0 fully saturated rings. The fourth-order valence-corrected chi connectivity index (χ4v) is 1.44. The summed E-state index contributed by atoms with van der Waals surface area (Å²) in [6.45, 7) is 0.0191. The SMILES string of the molecule is O=S(=O)(O)c1ccc(CCO)cc1.[NaH]. The second-order valence-corrected chi connectivity index (χ2v) is 4.01. The molecule has 1 aromatic carbocycles. The average Bonchev–Trinajstić information content (AvgIpc) is 2.04. The van der Waals surface area contributed by atoms with Gasteiger partial charge >= 0.3 is 29.6 Å². The second kappa shape index (κ2) is 5.85. The molecule has 0 bridgehead atoms. The molecular formula is C8H11NaO4S. The number of aliphatic hydroxyl groups excluding tert-OH is 1. The van der Waals surface area contributed by atoms with E-state index in [-0.39, 0.29) is 41.1 Å². The van der Waals surface area contributed by atoms with Gasteiger partial charge < -0.3 is 5.11 Å². The van der Waals surface area contributed by atoms with Crippen molar-refractivity contribution < 1.29 is 18.1 Å². The van der Waals surface area contributed by atoms with Crippen LogP contribution in [-0.2, 0) is 16.5 Å². The molecule has 0 saturated carbocycles. The molecule has 1 aromatic rings. The molecule has 0 spiro atoms. The summed E-state index contributed by atoms with van der Waals surface area (Å²) in [6.07, 6.45) is 0.478. The molecule has 0 aromatic heterocycles. The van der Waals surface area contributed by atoms with Crippen molar-refractivity contribution in [3.05, 3.63) is 29.8 Å². The summed E-state index contributed by atoms with van der Waals surface area (Å²) in [5.41, 5.74) is 0.829. The quantitative estimate of drug-likeness (QED) is 0.554. The summed E-state index contributed by atoms with van der Waals surface area (Å²) < 4.78 is 29.8. The molecule has 0 aliphatic heterocycles. The van der Waals surface area contributed by atoms with Gasteiger partial charge in [-0.05, 0) is 24.1 Å². The van der Waals surface area contributed by atoms with Crippen LogP contribution in [0.25, 0.3) is 0 Å². The van der Waals surface area contributed by atoms with Gasteiger partial charge in [0.15, 0.2) is 0 Å².